The highest BCUT2D eigenvalue weighted by Crippen LogP contribution is 2.25. The molecule has 0 aliphatic rings. The molecule has 0 amide bonds. The molecule has 0 atom stereocenters. The molecule has 0 saturated carbocycles. The predicted octanol–water partition coefficient (Wildman–Crippen LogP) is 6.06. The van der Waals surface area contributed by atoms with Gasteiger partial charge in [0.05, 0.1) is 0 Å². The molecule has 1 aromatic rings. The van der Waals surface area contributed by atoms with E-state index in [2.05, 4.69) is 24.3 Å². The summed E-state index contributed by atoms with van der Waals surface area (Å²) >= 11 is 0. The van der Waals surface area contributed by atoms with Crippen molar-refractivity contribution in [3.05, 3.63) is 60.2 Å². The first kappa shape index (κ1) is 19.1. The molecule has 23 heavy (non-hydrogen) atoms. The van der Waals surface area contributed by atoms with Gasteiger partial charge in [0.25, 0.3) is 0 Å². The van der Waals surface area contributed by atoms with Crippen molar-refractivity contribution in [3.63, 3.8) is 0 Å². The Bertz CT molecular complexity index is 513. The second-order valence-corrected chi connectivity index (χ2v) is 5.79. The van der Waals surface area contributed by atoms with Gasteiger partial charge < -0.3 is 10.2 Å². The van der Waals surface area contributed by atoms with E-state index in [1.165, 1.54) is 32.1 Å². The average Bonchev–Trinajstić information content (AvgIpc) is 2.55. The zero-order valence-electron chi connectivity index (χ0n) is 14.2. The molecule has 0 aromatic heterocycles. The van der Waals surface area contributed by atoms with Crippen molar-refractivity contribution in [1.29, 1.82) is 0 Å². The van der Waals surface area contributed by atoms with Crippen molar-refractivity contribution >= 4 is 0 Å². The smallest absolute Gasteiger partial charge is 0.157 e. The van der Waals surface area contributed by atoms with Gasteiger partial charge in [0, 0.05) is 0 Å². The first-order valence-electron chi connectivity index (χ1n) is 8.67. The first-order valence-corrected chi connectivity index (χ1v) is 8.67. The van der Waals surface area contributed by atoms with Gasteiger partial charge in [-0.25, -0.2) is 0 Å². The summed E-state index contributed by atoms with van der Waals surface area (Å²) < 4.78 is 0. The Balaban J connectivity index is 1.97. The summed E-state index contributed by atoms with van der Waals surface area (Å²) in [7, 11) is 0. The van der Waals surface area contributed by atoms with Crippen LogP contribution in [0.4, 0.5) is 0 Å². The molecular weight excluding hydrogens is 284 g/mol. The van der Waals surface area contributed by atoms with E-state index >= 15 is 0 Å². The van der Waals surface area contributed by atoms with Gasteiger partial charge in [-0.2, -0.15) is 0 Å². The quantitative estimate of drug-likeness (QED) is 0.225. The van der Waals surface area contributed by atoms with Gasteiger partial charge in [-0.15, -0.1) is 0 Å². The SMILES string of the molecule is CC=CC=CCC=CCCCCCCCc1ccc(O)c(O)c1. The number of aromatic hydroxyl groups is 2. The number of rotatable bonds is 11. The minimum atomic E-state index is -0.0425. The van der Waals surface area contributed by atoms with Crippen molar-refractivity contribution in [2.45, 2.75) is 58.3 Å². The molecule has 2 N–H and O–H groups in total. The maximum Gasteiger partial charge on any atom is 0.157 e. The molecule has 0 heterocycles. The molecule has 126 valence electrons. The number of unbranched alkanes of at least 4 members (excludes halogenated alkanes) is 5. The van der Waals surface area contributed by atoms with Gasteiger partial charge in [-0.05, 0) is 56.7 Å². The summed E-state index contributed by atoms with van der Waals surface area (Å²) in [5.74, 6) is -0.0611. The fraction of sp³-hybridized carbons (Fsp3) is 0.429. The molecule has 1 rings (SSSR count). The highest BCUT2D eigenvalue weighted by Gasteiger charge is 2.00. The number of benzene rings is 1. The van der Waals surface area contributed by atoms with Crippen molar-refractivity contribution in [3.8, 4) is 11.5 Å². The Kier molecular flexibility index (Phi) is 10.4. The Labute approximate surface area is 140 Å². The molecular formula is C21H30O2. The topological polar surface area (TPSA) is 40.5 Å². The van der Waals surface area contributed by atoms with Crippen LogP contribution < -0.4 is 0 Å². The van der Waals surface area contributed by atoms with Crippen molar-refractivity contribution in [2.75, 3.05) is 0 Å². The monoisotopic (exact) mass is 314 g/mol. The fourth-order valence-corrected chi connectivity index (χ4v) is 2.41. The van der Waals surface area contributed by atoms with Gasteiger partial charge in [-0.1, -0.05) is 61.8 Å². The lowest BCUT2D eigenvalue weighted by Crippen LogP contribution is -1.86. The van der Waals surface area contributed by atoms with E-state index < -0.39 is 0 Å². The normalized spacial score (nSPS) is 12.0. The minimum absolute atomic E-state index is 0.0187. The molecule has 0 unspecified atom stereocenters. The summed E-state index contributed by atoms with van der Waals surface area (Å²) in [4.78, 5) is 0. The Morgan fingerprint density at radius 2 is 1.61 bits per heavy atom. The zero-order chi connectivity index (χ0) is 16.8. The van der Waals surface area contributed by atoms with Crippen LogP contribution in [0.5, 0.6) is 11.5 Å². The van der Waals surface area contributed by atoms with Crippen LogP contribution in [0.3, 0.4) is 0 Å². The van der Waals surface area contributed by atoms with Gasteiger partial charge in [0.2, 0.25) is 0 Å². The van der Waals surface area contributed by atoms with E-state index in [-0.39, 0.29) is 11.5 Å². The summed E-state index contributed by atoms with van der Waals surface area (Å²) in [6.07, 6.45) is 22.1. The maximum absolute atomic E-state index is 9.44. The number of phenolic OH excluding ortho intramolecular Hbond substituents is 2. The molecule has 2 nitrogen and oxygen atoms in total. The van der Waals surface area contributed by atoms with E-state index in [1.54, 1.807) is 12.1 Å². The third-order valence-electron chi connectivity index (χ3n) is 3.75. The van der Waals surface area contributed by atoms with Crippen molar-refractivity contribution in [2.24, 2.45) is 0 Å². The van der Waals surface area contributed by atoms with E-state index in [9.17, 15) is 10.2 Å². The molecule has 0 aliphatic carbocycles. The van der Waals surface area contributed by atoms with Crippen LogP contribution >= 0.6 is 0 Å². The molecule has 0 aliphatic heterocycles. The summed E-state index contributed by atoms with van der Waals surface area (Å²) in [6, 6.07) is 5.10. The van der Waals surface area contributed by atoms with Crippen LogP contribution in [0.15, 0.2) is 54.7 Å². The van der Waals surface area contributed by atoms with Gasteiger partial charge in [0.1, 0.15) is 0 Å². The third-order valence-corrected chi connectivity index (χ3v) is 3.75. The molecule has 1 aromatic carbocycles. The van der Waals surface area contributed by atoms with Crippen LogP contribution in [0, 0.1) is 0 Å². The Morgan fingerprint density at radius 1 is 0.826 bits per heavy atom. The number of allylic oxidation sites excluding steroid dienone is 6. The Hall–Kier alpha value is -1.96. The molecule has 0 radical (unpaired) electrons. The number of aryl methyl sites for hydroxylation is 1. The summed E-state index contributed by atoms with van der Waals surface area (Å²) in [5, 5.41) is 18.7. The van der Waals surface area contributed by atoms with Crippen LogP contribution in [-0.2, 0) is 6.42 Å². The van der Waals surface area contributed by atoms with Crippen molar-refractivity contribution < 1.29 is 10.2 Å². The molecule has 0 bridgehead atoms. The lowest BCUT2D eigenvalue weighted by molar-refractivity contribution is 0.403. The van der Waals surface area contributed by atoms with Gasteiger partial charge >= 0.3 is 0 Å². The lowest BCUT2D eigenvalue weighted by atomic mass is 10.0. The van der Waals surface area contributed by atoms with E-state index in [4.69, 9.17) is 0 Å². The average molecular weight is 314 g/mol. The zero-order valence-corrected chi connectivity index (χ0v) is 14.2. The van der Waals surface area contributed by atoms with Gasteiger partial charge in [0.15, 0.2) is 11.5 Å². The van der Waals surface area contributed by atoms with E-state index in [0.717, 1.165) is 24.8 Å². The second-order valence-electron chi connectivity index (χ2n) is 5.79. The molecule has 2 heteroatoms. The third kappa shape index (κ3) is 9.62. The van der Waals surface area contributed by atoms with Gasteiger partial charge in [-0.3, -0.25) is 0 Å². The summed E-state index contributed by atoms with van der Waals surface area (Å²) in [5.41, 5.74) is 1.09. The second kappa shape index (κ2) is 12.6. The van der Waals surface area contributed by atoms with Crippen molar-refractivity contribution in [1.82, 2.24) is 0 Å². The molecule has 0 spiro atoms. The molecule has 0 saturated heterocycles. The highest BCUT2D eigenvalue weighted by atomic mass is 16.3. The van der Waals surface area contributed by atoms with Crippen LogP contribution in [0.2, 0.25) is 0 Å². The largest absolute Gasteiger partial charge is 0.504 e. The summed E-state index contributed by atoms with van der Waals surface area (Å²) in [6.45, 7) is 2.02. The number of hydrogen-bond acceptors (Lipinski definition) is 2. The number of phenols is 2. The van der Waals surface area contributed by atoms with E-state index in [1.807, 2.05) is 25.1 Å². The fourth-order valence-electron chi connectivity index (χ4n) is 2.41. The lowest BCUT2D eigenvalue weighted by Gasteiger charge is -2.04. The van der Waals surface area contributed by atoms with Crippen LogP contribution in [0.25, 0.3) is 0 Å². The van der Waals surface area contributed by atoms with E-state index in [0.29, 0.717) is 0 Å². The predicted molar refractivity (Wildman–Crippen MR) is 98.9 cm³/mol. The van der Waals surface area contributed by atoms with Crippen LogP contribution in [-0.4, -0.2) is 10.2 Å². The highest BCUT2D eigenvalue weighted by molar-refractivity contribution is 5.40. The Morgan fingerprint density at radius 3 is 2.39 bits per heavy atom. The maximum atomic E-state index is 9.44. The number of hydrogen-bond donors (Lipinski definition) is 2. The standard InChI is InChI=1S/C21H30O2/c1-2-3-4-5-6-7-8-9-10-11-12-13-14-15-19-16-17-20(22)21(23)18-19/h2-5,7-8,16-18,22-23H,6,9-15H2,1H3. The van der Waals surface area contributed by atoms with Crippen LogP contribution in [0.1, 0.15) is 57.4 Å². The molecule has 0 fully saturated rings. The minimum Gasteiger partial charge on any atom is -0.504 e. The first-order chi connectivity index (χ1) is 11.2.